The van der Waals surface area contributed by atoms with E-state index < -0.39 is 17.4 Å². The molecule has 0 spiro atoms. The van der Waals surface area contributed by atoms with Crippen LogP contribution in [0.1, 0.15) is 43.1 Å². The molecule has 152 valence electrons. The van der Waals surface area contributed by atoms with Crippen LogP contribution in [0.4, 0.5) is 11.4 Å². The third kappa shape index (κ3) is 3.40. The zero-order chi connectivity index (χ0) is 20.8. The fourth-order valence-electron chi connectivity index (χ4n) is 3.96. The summed E-state index contributed by atoms with van der Waals surface area (Å²) in [4.78, 5) is 38.8. The number of aryl methyl sites for hydroxylation is 1. The Morgan fingerprint density at radius 2 is 2.14 bits per heavy atom. The maximum atomic E-state index is 12.4. The predicted octanol–water partition coefficient (Wildman–Crippen LogP) is 1.64. The fraction of sp³-hybridized carbons (Fsp3) is 0.381. The molecule has 4 rings (SSSR count). The van der Waals surface area contributed by atoms with E-state index >= 15 is 0 Å². The monoisotopic (exact) mass is 397 g/mol. The van der Waals surface area contributed by atoms with E-state index in [1.54, 1.807) is 18.2 Å². The first-order valence-electron chi connectivity index (χ1n) is 9.61. The average Bonchev–Trinajstić information content (AvgIpc) is 3.32. The number of nitrogens with one attached hydrogen (secondary N) is 2. The summed E-state index contributed by atoms with van der Waals surface area (Å²) in [5.74, 6) is -1.61. The molecule has 0 bridgehead atoms. The topological polar surface area (TPSA) is 112 Å². The summed E-state index contributed by atoms with van der Waals surface area (Å²) in [6.07, 6.45) is 3.11. The van der Waals surface area contributed by atoms with Crippen molar-refractivity contribution in [3.05, 3.63) is 47.4 Å². The minimum Gasteiger partial charge on any atom is -0.466 e. The molecule has 0 saturated carbocycles. The van der Waals surface area contributed by atoms with Crippen molar-refractivity contribution in [2.75, 3.05) is 23.3 Å². The molecule has 0 aliphatic carbocycles. The number of hydrogen-bond donors (Lipinski definition) is 3. The van der Waals surface area contributed by atoms with Gasteiger partial charge >= 0.3 is 11.8 Å². The zero-order valence-corrected chi connectivity index (χ0v) is 16.3. The summed E-state index contributed by atoms with van der Waals surface area (Å²) in [5, 5.41) is 15.4. The van der Waals surface area contributed by atoms with Crippen LogP contribution in [0.3, 0.4) is 0 Å². The molecule has 0 fully saturated rings. The summed E-state index contributed by atoms with van der Waals surface area (Å²) < 4.78 is 5.15. The van der Waals surface area contributed by atoms with Crippen molar-refractivity contribution in [2.24, 2.45) is 0 Å². The van der Waals surface area contributed by atoms with Crippen LogP contribution in [0.25, 0.3) is 0 Å². The van der Waals surface area contributed by atoms with Crippen LogP contribution in [0.2, 0.25) is 0 Å². The minimum absolute atomic E-state index is 0.0716. The molecule has 0 unspecified atom stereocenters. The van der Waals surface area contributed by atoms with E-state index in [0.717, 1.165) is 29.7 Å². The molecule has 2 aromatic rings. The van der Waals surface area contributed by atoms with E-state index in [4.69, 9.17) is 4.42 Å². The number of amides is 3. The minimum atomic E-state index is -1.43. The molecule has 0 radical (unpaired) electrons. The van der Waals surface area contributed by atoms with Crippen molar-refractivity contribution in [1.82, 2.24) is 5.32 Å². The molecule has 3 heterocycles. The SMILES string of the molecule is C[C@H]1C(=O)N2CCCc3cc(NC(=O)C(=O)NC[C@](C)(O)c4ccco4)cc1c32. The van der Waals surface area contributed by atoms with Gasteiger partial charge in [-0.2, -0.15) is 0 Å². The lowest BCUT2D eigenvalue weighted by atomic mass is 9.96. The van der Waals surface area contributed by atoms with E-state index in [9.17, 15) is 19.5 Å². The van der Waals surface area contributed by atoms with Crippen LogP contribution >= 0.6 is 0 Å². The lowest BCUT2D eigenvalue weighted by molar-refractivity contribution is -0.136. The van der Waals surface area contributed by atoms with Crippen molar-refractivity contribution in [3.63, 3.8) is 0 Å². The summed E-state index contributed by atoms with van der Waals surface area (Å²) in [5.41, 5.74) is 1.88. The van der Waals surface area contributed by atoms with E-state index in [-0.39, 0.29) is 18.4 Å². The van der Waals surface area contributed by atoms with Gasteiger partial charge in [0, 0.05) is 12.2 Å². The Bertz CT molecular complexity index is 980. The standard InChI is InChI=1S/C21H23N3O5/c1-12-15-10-14(9-13-5-3-7-24(17(13)15)20(12)27)23-19(26)18(25)22-11-21(2,28)16-6-4-8-29-16/h4,6,8-10,12,28H,3,5,7,11H2,1-2H3,(H,22,25)(H,23,26)/t12-,21+/m1/s1. The second kappa shape index (κ2) is 7.04. The number of hydrogen-bond acceptors (Lipinski definition) is 5. The molecular weight excluding hydrogens is 374 g/mol. The molecule has 1 aromatic carbocycles. The van der Waals surface area contributed by atoms with Crippen molar-refractivity contribution in [1.29, 1.82) is 0 Å². The van der Waals surface area contributed by atoms with Gasteiger partial charge in [-0.3, -0.25) is 14.4 Å². The second-order valence-corrected chi connectivity index (χ2v) is 7.78. The van der Waals surface area contributed by atoms with Gasteiger partial charge in [0.2, 0.25) is 5.91 Å². The number of rotatable bonds is 4. The molecule has 3 N–H and O–H groups in total. The highest BCUT2D eigenvalue weighted by molar-refractivity contribution is 6.39. The Hall–Kier alpha value is -3.13. The highest BCUT2D eigenvalue weighted by Crippen LogP contribution is 2.44. The van der Waals surface area contributed by atoms with Gasteiger partial charge in [-0.25, -0.2) is 0 Å². The Labute approximate surface area is 167 Å². The highest BCUT2D eigenvalue weighted by Gasteiger charge is 2.38. The van der Waals surface area contributed by atoms with Crippen molar-refractivity contribution in [2.45, 2.75) is 38.2 Å². The van der Waals surface area contributed by atoms with Crippen LogP contribution in [0.15, 0.2) is 34.9 Å². The number of carbonyl (C=O) groups is 3. The molecule has 1 aromatic heterocycles. The third-order valence-electron chi connectivity index (χ3n) is 5.53. The summed E-state index contributed by atoms with van der Waals surface area (Å²) in [6, 6.07) is 6.80. The van der Waals surface area contributed by atoms with Crippen molar-refractivity contribution in [3.8, 4) is 0 Å². The van der Waals surface area contributed by atoms with E-state index in [2.05, 4.69) is 10.6 Å². The maximum Gasteiger partial charge on any atom is 0.313 e. The van der Waals surface area contributed by atoms with Gasteiger partial charge in [-0.05, 0) is 62.1 Å². The van der Waals surface area contributed by atoms with E-state index in [1.807, 2.05) is 17.9 Å². The quantitative estimate of drug-likeness (QED) is 0.679. The van der Waals surface area contributed by atoms with Gasteiger partial charge in [0.1, 0.15) is 11.4 Å². The van der Waals surface area contributed by atoms with Crippen LogP contribution in [-0.4, -0.2) is 35.9 Å². The van der Waals surface area contributed by atoms with Crippen LogP contribution in [-0.2, 0) is 26.4 Å². The Kier molecular flexibility index (Phi) is 4.66. The number of carbonyl (C=O) groups excluding carboxylic acids is 3. The number of furan rings is 1. The lowest BCUT2D eigenvalue weighted by Crippen LogP contribution is -2.43. The highest BCUT2D eigenvalue weighted by atomic mass is 16.4. The first-order valence-corrected chi connectivity index (χ1v) is 9.61. The Morgan fingerprint density at radius 3 is 2.86 bits per heavy atom. The number of benzene rings is 1. The van der Waals surface area contributed by atoms with Crippen molar-refractivity contribution >= 4 is 29.1 Å². The molecular formula is C21H23N3O5. The van der Waals surface area contributed by atoms with Gasteiger partial charge in [0.25, 0.3) is 0 Å². The number of nitrogens with zero attached hydrogens (tertiary/aromatic N) is 1. The normalized spacial score (nSPS) is 19.5. The first-order chi connectivity index (χ1) is 13.8. The van der Waals surface area contributed by atoms with Gasteiger partial charge in [-0.15, -0.1) is 0 Å². The van der Waals surface area contributed by atoms with E-state index in [1.165, 1.54) is 13.2 Å². The maximum absolute atomic E-state index is 12.4. The molecule has 29 heavy (non-hydrogen) atoms. The van der Waals surface area contributed by atoms with Crippen LogP contribution in [0.5, 0.6) is 0 Å². The van der Waals surface area contributed by atoms with Crippen molar-refractivity contribution < 1.29 is 23.9 Å². The summed E-state index contributed by atoms with van der Waals surface area (Å²) >= 11 is 0. The largest absolute Gasteiger partial charge is 0.466 e. The Balaban J connectivity index is 1.45. The van der Waals surface area contributed by atoms with Gasteiger partial charge in [0.05, 0.1) is 24.4 Å². The molecule has 8 nitrogen and oxygen atoms in total. The molecule has 2 atom stereocenters. The summed E-state index contributed by atoms with van der Waals surface area (Å²) in [7, 11) is 0. The van der Waals surface area contributed by atoms with Crippen LogP contribution < -0.4 is 15.5 Å². The zero-order valence-electron chi connectivity index (χ0n) is 16.3. The molecule has 2 aliphatic heterocycles. The van der Waals surface area contributed by atoms with Gasteiger partial charge in [0.15, 0.2) is 0 Å². The molecule has 2 aliphatic rings. The molecule has 0 saturated heterocycles. The average molecular weight is 397 g/mol. The number of anilines is 2. The Morgan fingerprint density at radius 1 is 1.34 bits per heavy atom. The first kappa shape index (κ1) is 19.2. The smallest absolute Gasteiger partial charge is 0.313 e. The lowest BCUT2D eigenvalue weighted by Gasteiger charge is -2.26. The second-order valence-electron chi connectivity index (χ2n) is 7.78. The predicted molar refractivity (Wildman–Crippen MR) is 105 cm³/mol. The molecule has 8 heteroatoms. The number of aliphatic hydroxyl groups is 1. The van der Waals surface area contributed by atoms with Gasteiger partial charge in [-0.1, -0.05) is 0 Å². The summed E-state index contributed by atoms with van der Waals surface area (Å²) in [6.45, 7) is 3.88. The van der Waals surface area contributed by atoms with Crippen LogP contribution in [0, 0.1) is 0 Å². The van der Waals surface area contributed by atoms with Gasteiger partial charge < -0.3 is 25.1 Å². The fourth-order valence-corrected chi connectivity index (χ4v) is 3.96. The third-order valence-corrected chi connectivity index (χ3v) is 5.53. The molecule has 3 amide bonds. The van der Waals surface area contributed by atoms with E-state index in [0.29, 0.717) is 18.0 Å².